The Bertz CT molecular complexity index is 714. The molecule has 2 unspecified atom stereocenters. The summed E-state index contributed by atoms with van der Waals surface area (Å²) in [6, 6.07) is 2.21. The van der Waals surface area contributed by atoms with E-state index in [1.807, 2.05) is 12.2 Å². The van der Waals surface area contributed by atoms with Gasteiger partial charge in [-0.15, -0.1) is 11.3 Å². The predicted octanol–water partition coefficient (Wildman–Crippen LogP) is 3.10. The van der Waals surface area contributed by atoms with Crippen LogP contribution in [-0.2, 0) is 22.4 Å². The number of hydrogen-bond acceptors (Lipinski definition) is 4. The lowest BCUT2D eigenvalue weighted by molar-refractivity contribution is -0.146. The summed E-state index contributed by atoms with van der Waals surface area (Å²) in [4.78, 5) is 25.1. The number of nitriles is 1. The third-order valence-electron chi connectivity index (χ3n) is 4.61. The van der Waals surface area contributed by atoms with E-state index in [1.165, 1.54) is 16.2 Å². The molecule has 2 aliphatic rings. The molecule has 1 aromatic heterocycles. The van der Waals surface area contributed by atoms with E-state index in [0.717, 1.165) is 31.2 Å². The number of aliphatic carboxylic acids is 1. The Morgan fingerprint density at radius 3 is 2.61 bits per heavy atom. The molecular weight excluding hydrogens is 312 g/mol. The quantitative estimate of drug-likeness (QED) is 0.833. The fourth-order valence-corrected chi connectivity index (χ4v) is 4.60. The first-order valence-electron chi connectivity index (χ1n) is 7.85. The van der Waals surface area contributed by atoms with Crippen LogP contribution in [0.25, 0.3) is 0 Å². The molecule has 2 N–H and O–H groups in total. The molecule has 6 heteroatoms. The largest absolute Gasteiger partial charge is 0.481 e. The Balaban J connectivity index is 1.83. The van der Waals surface area contributed by atoms with Crippen molar-refractivity contribution in [3.05, 3.63) is 28.2 Å². The van der Waals surface area contributed by atoms with Crippen molar-refractivity contribution in [3.63, 3.8) is 0 Å². The SMILES string of the molecule is N#Cc1c(NC(=O)C2CC=CCC2C(=O)O)sc2c1CCCC2. The molecule has 3 rings (SSSR count). The zero-order valence-electron chi connectivity index (χ0n) is 12.7. The minimum Gasteiger partial charge on any atom is -0.481 e. The Labute approximate surface area is 138 Å². The summed E-state index contributed by atoms with van der Waals surface area (Å²) >= 11 is 1.47. The fraction of sp³-hybridized carbons (Fsp3) is 0.471. The number of nitrogens with one attached hydrogen (secondary N) is 1. The monoisotopic (exact) mass is 330 g/mol. The fourth-order valence-electron chi connectivity index (χ4n) is 3.35. The maximum absolute atomic E-state index is 12.6. The molecule has 2 aliphatic carbocycles. The van der Waals surface area contributed by atoms with Gasteiger partial charge >= 0.3 is 5.97 Å². The highest BCUT2D eigenvalue weighted by molar-refractivity contribution is 7.16. The minimum absolute atomic E-state index is 0.295. The van der Waals surface area contributed by atoms with E-state index < -0.39 is 17.8 Å². The van der Waals surface area contributed by atoms with Crippen molar-refractivity contribution in [1.82, 2.24) is 0 Å². The lowest BCUT2D eigenvalue weighted by Gasteiger charge is -2.23. The van der Waals surface area contributed by atoms with E-state index >= 15 is 0 Å². The van der Waals surface area contributed by atoms with Gasteiger partial charge in [-0.1, -0.05) is 12.2 Å². The van der Waals surface area contributed by atoms with E-state index in [4.69, 9.17) is 0 Å². The first-order valence-corrected chi connectivity index (χ1v) is 8.66. The molecule has 0 aliphatic heterocycles. The number of carboxylic acid groups (broad SMARTS) is 1. The molecule has 5 nitrogen and oxygen atoms in total. The lowest BCUT2D eigenvalue weighted by atomic mass is 9.82. The van der Waals surface area contributed by atoms with Gasteiger partial charge in [0.15, 0.2) is 0 Å². The number of carbonyl (C=O) groups is 2. The predicted molar refractivity (Wildman–Crippen MR) is 87.3 cm³/mol. The highest BCUT2D eigenvalue weighted by Crippen LogP contribution is 2.38. The van der Waals surface area contributed by atoms with Crippen LogP contribution in [0, 0.1) is 23.2 Å². The van der Waals surface area contributed by atoms with Crippen molar-refractivity contribution in [2.75, 3.05) is 5.32 Å². The molecule has 2 atom stereocenters. The Kier molecular flexibility index (Phi) is 4.49. The normalized spacial score (nSPS) is 22.9. The number of carbonyl (C=O) groups excluding carboxylic acids is 1. The van der Waals surface area contributed by atoms with E-state index in [2.05, 4.69) is 11.4 Å². The maximum Gasteiger partial charge on any atom is 0.307 e. The van der Waals surface area contributed by atoms with Crippen molar-refractivity contribution in [1.29, 1.82) is 5.26 Å². The summed E-state index contributed by atoms with van der Waals surface area (Å²) < 4.78 is 0. The first-order chi connectivity index (χ1) is 11.1. The zero-order valence-corrected chi connectivity index (χ0v) is 13.5. The van der Waals surface area contributed by atoms with Gasteiger partial charge in [0.25, 0.3) is 0 Å². The maximum atomic E-state index is 12.6. The van der Waals surface area contributed by atoms with E-state index in [9.17, 15) is 20.0 Å². The van der Waals surface area contributed by atoms with Crippen molar-refractivity contribution in [3.8, 4) is 6.07 Å². The Hall–Kier alpha value is -2.13. The van der Waals surface area contributed by atoms with Crippen LogP contribution in [0.2, 0.25) is 0 Å². The van der Waals surface area contributed by atoms with Crippen LogP contribution in [-0.4, -0.2) is 17.0 Å². The van der Waals surface area contributed by atoms with Gasteiger partial charge in [0, 0.05) is 4.88 Å². The number of carboxylic acids is 1. The number of rotatable bonds is 3. The second-order valence-corrected chi connectivity index (χ2v) is 7.12. The third-order valence-corrected chi connectivity index (χ3v) is 5.81. The van der Waals surface area contributed by atoms with Gasteiger partial charge in [-0.3, -0.25) is 9.59 Å². The van der Waals surface area contributed by atoms with E-state index in [-0.39, 0.29) is 5.91 Å². The van der Waals surface area contributed by atoms with Gasteiger partial charge in [0.05, 0.1) is 17.4 Å². The third kappa shape index (κ3) is 3.02. The standard InChI is InChI=1S/C17H18N2O3S/c18-9-13-10-5-3-4-8-14(10)23-16(13)19-15(20)11-6-1-2-7-12(11)17(21)22/h1-2,11-12H,3-8H2,(H,19,20)(H,21,22). The number of fused-ring (bicyclic) bond motifs is 1. The average Bonchev–Trinajstić information content (AvgIpc) is 2.91. The second kappa shape index (κ2) is 6.55. The summed E-state index contributed by atoms with van der Waals surface area (Å²) in [7, 11) is 0. The lowest BCUT2D eigenvalue weighted by Crippen LogP contribution is -2.34. The van der Waals surface area contributed by atoms with Gasteiger partial charge < -0.3 is 10.4 Å². The molecule has 1 aromatic rings. The number of aryl methyl sites for hydroxylation is 1. The number of anilines is 1. The molecule has 0 aromatic carbocycles. The molecule has 0 saturated heterocycles. The molecule has 0 saturated carbocycles. The average molecular weight is 330 g/mol. The van der Waals surface area contributed by atoms with Gasteiger partial charge in [-0.05, 0) is 44.1 Å². The molecular formula is C17H18N2O3S. The van der Waals surface area contributed by atoms with Crippen LogP contribution in [0.3, 0.4) is 0 Å². The number of amides is 1. The molecule has 23 heavy (non-hydrogen) atoms. The molecule has 0 spiro atoms. The molecule has 1 heterocycles. The van der Waals surface area contributed by atoms with Gasteiger partial charge in [-0.25, -0.2) is 0 Å². The van der Waals surface area contributed by atoms with Gasteiger partial charge in [-0.2, -0.15) is 5.26 Å². The number of nitrogens with zero attached hydrogens (tertiary/aromatic N) is 1. The van der Waals surface area contributed by atoms with E-state index in [0.29, 0.717) is 23.4 Å². The first kappa shape index (κ1) is 15.8. The number of hydrogen-bond donors (Lipinski definition) is 2. The van der Waals surface area contributed by atoms with Crippen LogP contribution in [0.4, 0.5) is 5.00 Å². The molecule has 0 fully saturated rings. The van der Waals surface area contributed by atoms with Crippen LogP contribution < -0.4 is 5.32 Å². The molecule has 0 bridgehead atoms. The minimum atomic E-state index is -0.944. The molecule has 0 radical (unpaired) electrons. The van der Waals surface area contributed by atoms with Crippen molar-refractivity contribution in [2.24, 2.45) is 11.8 Å². The van der Waals surface area contributed by atoms with Crippen LogP contribution >= 0.6 is 11.3 Å². The number of allylic oxidation sites excluding steroid dienone is 2. The topological polar surface area (TPSA) is 90.2 Å². The highest BCUT2D eigenvalue weighted by Gasteiger charge is 2.34. The summed E-state index contributed by atoms with van der Waals surface area (Å²) in [6.07, 6.45) is 8.49. The van der Waals surface area contributed by atoms with Gasteiger partial charge in [0.1, 0.15) is 11.1 Å². The second-order valence-electron chi connectivity index (χ2n) is 6.01. The summed E-state index contributed by atoms with van der Waals surface area (Å²) in [5.74, 6) is -2.51. The smallest absolute Gasteiger partial charge is 0.307 e. The Morgan fingerprint density at radius 2 is 1.91 bits per heavy atom. The molecule has 120 valence electrons. The summed E-state index contributed by atoms with van der Waals surface area (Å²) in [6.45, 7) is 0. The van der Waals surface area contributed by atoms with Crippen molar-refractivity contribution >= 4 is 28.2 Å². The van der Waals surface area contributed by atoms with Crippen molar-refractivity contribution in [2.45, 2.75) is 38.5 Å². The summed E-state index contributed by atoms with van der Waals surface area (Å²) in [5, 5.41) is 22.1. The highest BCUT2D eigenvalue weighted by atomic mass is 32.1. The Morgan fingerprint density at radius 1 is 1.22 bits per heavy atom. The van der Waals surface area contributed by atoms with Crippen LogP contribution in [0.5, 0.6) is 0 Å². The summed E-state index contributed by atoms with van der Waals surface area (Å²) in [5.41, 5.74) is 1.63. The zero-order chi connectivity index (χ0) is 16.4. The van der Waals surface area contributed by atoms with Gasteiger partial charge in [0.2, 0.25) is 5.91 Å². The number of thiophene rings is 1. The molecule has 1 amide bonds. The van der Waals surface area contributed by atoms with Crippen molar-refractivity contribution < 1.29 is 14.7 Å². The van der Waals surface area contributed by atoms with E-state index in [1.54, 1.807) is 0 Å². The van der Waals surface area contributed by atoms with Crippen LogP contribution in [0.15, 0.2) is 12.2 Å². The van der Waals surface area contributed by atoms with Crippen LogP contribution in [0.1, 0.15) is 41.7 Å².